The van der Waals surface area contributed by atoms with Crippen molar-refractivity contribution in [1.29, 1.82) is 0 Å². The van der Waals surface area contributed by atoms with E-state index in [1.807, 2.05) is 13.0 Å². The Labute approximate surface area is 148 Å². The summed E-state index contributed by atoms with van der Waals surface area (Å²) in [5.41, 5.74) is 0.763. The van der Waals surface area contributed by atoms with Crippen molar-refractivity contribution in [3.8, 4) is 5.75 Å². The molecule has 2 aromatic rings. The smallest absolute Gasteiger partial charge is 0.255 e. The van der Waals surface area contributed by atoms with Crippen LogP contribution in [0.4, 0.5) is 5.69 Å². The van der Waals surface area contributed by atoms with Gasteiger partial charge in [-0.3, -0.25) is 4.79 Å². The fraction of sp³-hybridized carbons (Fsp3) is 0.278. The van der Waals surface area contributed by atoms with Crippen molar-refractivity contribution in [1.82, 2.24) is 4.72 Å². The van der Waals surface area contributed by atoms with Crippen LogP contribution in [0.5, 0.6) is 5.75 Å². The van der Waals surface area contributed by atoms with Gasteiger partial charge in [-0.05, 0) is 43.7 Å². The monoisotopic (exact) mass is 362 g/mol. The molecule has 0 fully saturated rings. The van der Waals surface area contributed by atoms with Crippen LogP contribution in [-0.4, -0.2) is 27.5 Å². The number of hydrogen-bond acceptors (Lipinski definition) is 4. The normalized spacial score (nSPS) is 12.4. The van der Waals surface area contributed by atoms with Crippen LogP contribution < -0.4 is 14.8 Å². The van der Waals surface area contributed by atoms with Gasteiger partial charge in [-0.1, -0.05) is 25.1 Å². The Morgan fingerprint density at radius 2 is 1.84 bits per heavy atom. The van der Waals surface area contributed by atoms with Crippen LogP contribution in [0.2, 0.25) is 0 Å². The summed E-state index contributed by atoms with van der Waals surface area (Å²) < 4.78 is 32.7. The minimum Gasteiger partial charge on any atom is -0.495 e. The van der Waals surface area contributed by atoms with Gasteiger partial charge in [-0.25, -0.2) is 13.1 Å². The SMILES string of the molecule is CC[C@@H](C)NS(=O)(=O)c1ccc(OC)c(NC(=O)c2ccccc2)c1. The lowest BCUT2D eigenvalue weighted by Gasteiger charge is -2.15. The molecule has 7 heteroatoms. The zero-order chi connectivity index (χ0) is 18.4. The molecule has 2 rings (SSSR count). The number of methoxy groups -OCH3 is 1. The highest BCUT2D eigenvalue weighted by molar-refractivity contribution is 7.89. The van der Waals surface area contributed by atoms with Crippen LogP contribution in [0.3, 0.4) is 0 Å². The van der Waals surface area contributed by atoms with Gasteiger partial charge >= 0.3 is 0 Å². The highest BCUT2D eigenvalue weighted by atomic mass is 32.2. The van der Waals surface area contributed by atoms with Crippen molar-refractivity contribution in [2.45, 2.75) is 31.2 Å². The minimum atomic E-state index is -3.68. The predicted molar refractivity (Wildman–Crippen MR) is 97.5 cm³/mol. The average Bonchev–Trinajstić information content (AvgIpc) is 2.61. The second-order valence-corrected chi connectivity index (χ2v) is 7.33. The van der Waals surface area contributed by atoms with Crippen LogP contribution in [0.25, 0.3) is 0 Å². The summed E-state index contributed by atoms with van der Waals surface area (Å²) in [7, 11) is -2.22. The molecule has 0 saturated carbocycles. The second-order valence-electron chi connectivity index (χ2n) is 5.61. The Hall–Kier alpha value is -2.38. The molecule has 0 unspecified atom stereocenters. The zero-order valence-electron chi connectivity index (χ0n) is 14.4. The molecule has 0 bridgehead atoms. The van der Waals surface area contributed by atoms with E-state index in [1.165, 1.54) is 25.3 Å². The van der Waals surface area contributed by atoms with Crippen molar-refractivity contribution in [3.05, 3.63) is 54.1 Å². The van der Waals surface area contributed by atoms with E-state index in [1.54, 1.807) is 31.2 Å². The maximum atomic E-state index is 12.4. The van der Waals surface area contributed by atoms with Crippen molar-refractivity contribution in [2.24, 2.45) is 0 Å². The van der Waals surface area contributed by atoms with Gasteiger partial charge in [0.2, 0.25) is 10.0 Å². The summed E-state index contributed by atoms with van der Waals surface area (Å²) in [6.07, 6.45) is 0.674. The molecule has 2 aromatic carbocycles. The largest absolute Gasteiger partial charge is 0.495 e. The molecular weight excluding hydrogens is 340 g/mol. The molecule has 134 valence electrons. The Morgan fingerprint density at radius 1 is 1.16 bits per heavy atom. The number of sulfonamides is 1. The number of anilines is 1. The fourth-order valence-electron chi connectivity index (χ4n) is 2.15. The topological polar surface area (TPSA) is 84.5 Å². The number of hydrogen-bond donors (Lipinski definition) is 2. The van der Waals surface area contributed by atoms with E-state index in [2.05, 4.69) is 10.0 Å². The van der Waals surface area contributed by atoms with Crippen molar-refractivity contribution in [2.75, 3.05) is 12.4 Å². The van der Waals surface area contributed by atoms with Gasteiger partial charge in [-0.2, -0.15) is 0 Å². The molecule has 1 amide bonds. The third-order valence-electron chi connectivity index (χ3n) is 3.73. The number of amides is 1. The first-order chi connectivity index (χ1) is 11.9. The summed E-state index contributed by atoms with van der Waals surface area (Å²) in [6.45, 7) is 3.69. The van der Waals surface area contributed by atoms with Gasteiger partial charge in [0.1, 0.15) is 5.75 Å². The standard InChI is InChI=1S/C18H22N2O4S/c1-4-13(2)20-25(22,23)15-10-11-17(24-3)16(12-15)19-18(21)14-8-6-5-7-9-14/h5-13,20H,4H2,1-3H3,(H,19,21)/t13-/m1/s1. The Kier molecular flexibility index (Phi) is 6.17. The lowest BCUT2D eigenvalue weighted by Crippen LogP contribution is -2.32. The van der Waals surface area contributed by atoms with Gasteiger partial charge in [0.15, 0.2) is 0 Å². The molecular formula is C18H22N2O4S. The third-order valence-corrected chi connectivity index (χ3v) is 5.32. The molecule has 0 heterocycles. The van der Waals surface area contributed by atoms with Crippen LogP contribution in [-0.2, 0) is 10.0 Å². The molecule has 1 atom stereocenters. The predicted octanol–water partition coefficient (Wildman–Crippen LogP) is 3.02. The molecule has 0 spiro atoms. The van der Waals surface area contributed by atoms with Crippen molar-refractivity contribution in [3.63, 3.8) is 0 Å². The summed E-state index contributed by atoms with van der Waals surface area (Å²) in [6, 6.07) is 12.8. The van der Waals surface area contributed by atoms with E-state index in [9.17, 15) is 13.2 Å². The van der Waals surface area contributed by atoms with Gasteiger partial charge in [0.05, 0.1) is 17.7 Å². The first kappa shape index (κ1) is 19.0. The van der Waals surface area contributed by atoms with E-state index >= 15 is 0 Å². The Bertz CT molecular complexity index is 835. The molecule has 25 heavy (non-hydrogen) atoms. The number of nitrogens with one attached hydrogen (secondary N) is 2. The number of carbonyl (C=O) groups is 1. The molecule has 0 aliphatic carbocycles. The van der Waals surface area contributed by atoms with Crippen LogP contribution in [0, 0.1) is 0 Å². The minimum absolute atomic E-state index is 0.0666. The van der Waals surface area contributed by atoms with Gasteiger partial charge in [0, 0.05) is 11.6 Å². The van der Waals surface area contributed by atoms with E-state index in [0.717, 1.165) is 0 Å². The molecule has 0 radical (unpaired) electrons. The van der Waals surface area contributed by atoms with Crippen LogP contribution in [0.15, 0.2) is 53.4 Å². The molecule has 0 aliphatic rings. The average molecular weight is 362 g/mol. The van der Waals surface area contributed by atoms with Crippen molar-refractivity contribution >= 4 is 21.6 Å². The first-order valence-electron chi connectivity index (χ1n) is 7.94. The maximum Gasteiger partial charge on any atom is 0.255 e. The summed E-state index contributed by atoms with van der Waals surface area (Å²) >= 11 is 0. The van der Waals surface area contributed by atoms with Gasteiger partial charge in [0.25, 0.3) is 5.91 Å². The summed E-state index contributed by atoms with van der Waals surface area (Å²) in [4.78, 5) is 12.4. The van der Waals surface area contributed by atoms with Crippen LogP contribution in [0.1, 0.15) is 30.6 Å². The Balaban J connectivity index is 2.33. The fourth-order valence-corrected chi connectivity index (χ4v) is 3.50. The molecule has 2 N–H and O–H groups in total. The van der Waals surface area contributed by atoms with E-state index in [4.69, 9.17) is 4.74 Å². The molecule has 6 nitrogen and oxygen atoms in total. The molecule has 0 saturated heterocycles. The Morgan fingerprint density at radius 3 is 2.44 bits per heavy atom. The van der Waals surface area contributed by atoms with Gasteiger partial charge in [-0.15, -0.1) is 0 Å². The zero-order valence-corrected chi connectivity index (χ0v) is 15.3. The van der Waals surface area contributed by atoms with Crippen molar-refractivity contribution < 1.29 is 17.9 Å². The van der Waals surface area contributed by atoms with Gasteiger partial charge < -0.3 is 10.1 Å². The van der Waals surface area contributed by atoms with E-state index in [-0.39, 0.29) is 16.8 Å². The highest BCUT2D eigenvalue weighted by Crippen LogP contribution is 2.28. The molecule has 0 aliphatic heterocycles. The lowest BCUT2D eigenvalue weighted by atomic mass is 10.2. The lowest BCUT2D eigenvalue weighted by molar-refractivity contribution is 0.102. The highest BCUT2D eigenvalue weighted by Gasteiger charge is 2.19. The summed E-state index contributed by atoms with van der Waals surface area (Å²) in [5.74, 6) is 0.0371. The number of rotatable bonds is 7. The number of carbonyl (C=O) groups excluding carboxylic acids is 1. The first-order valence-corrected chi connectivity index (χ1v) is 9.42. The summed E-state index contributed by atoms with van der Waals surface area (Å²) in [5, 5.41) is 2.70. The number of ether oxygens (including phenoxy) is 1. The molecule has 0 aromatic heterocycles. The van der Waals surface area contributed by atoms with E-state index < -0.39 is 10.0 Å². The number of benzene rings is 2. The quantitative estimate of drug-likeness (QED) is 0.793. The van der Waals surface area contributed by atoms with E-state index in [0.29, 0.717) is 23.4 Å². The second kappa shape index (κ2) is 8.13. The maximum absolute atomic E-state index is 12.4. The third kappa shape index (κ3) is 4.80. The van der Waals surface area contributed by atoms with Crippen LogP contribution >= 0.6 is 0 Å².